The van der Waals surface area contributed by atoms with Crippen molar-refractivity contribution in [3.63, 3.8) is 0 Å². The van der Waals surface area contributed by atoms with Crippen LogP contribution in [-0.2, 0) is 0 Å². The number of hydrogen-bond acceptors (Lipinski definition) is 1. The number of unbranched alkanes of at least 4 members (excludes halogenated alkanes) is 4. The summed E-state index contributed by atoms with van der Waals surface area (Å²) in [5, 5.41) is 3.61. The van der Waals surface area contributed by atoms with Crippen molar-refractivity contribution in [2.75, 3.05) is 6.54 Å². The van der Waals surface area contributed by atoms with Gasteiger partial charge in [-0.2, -0.15) is 0 Å². The van der Waals surface area contributed by atoms with Gasteiger partial charge in [-0.25, -0.2) is 0 Å². The van der Waals surface area contributed by atoms with Gasteiger partial charge in [0.2, 0.25) is 0 Å². The molecular weight excluding hydrogens is 182 g/mol. The van der Waals surface area contributed by atoms with Crippen LogP contribution in [0, 0.1) is 5.41 Å². The molecule has 0 aliphatic carbocycles. The smallest absolute Gasteiger partial charge is 0.00389 e. The molecule has 0 saturated heterocycles. The van der Waals surface area contributed by atoms with Gasteiger partial charge in [0.1, 0.15) is 0 Å². The first-order valence-electron chi connectivity index (χ1n) is 6.69. The van der Waals surface area contributed by atoms with Crippen LogP contribution in [0.1, 0.15) is 73.1 Å². The summed E-state index contributed by atoms with van der Waals surface area (Å²) >= 11 is 0. The van der Waals surface area contributed by atoms with Crippen molar-refractivity contribution < 1.29 is 0 Å². The van der Waals surface area contributed by atoms with E-state index in [1.807, 2.05) is 0 Å². The van der Waals surface area contributed by atoms with Gasteiger partial charge in [0, 0.05) is 12.6 Å². The lowest BCUT2D eigenvalue weighted by atomic mass is 9.96. The van der Waals surface area contributed by atoms with Gasteiger partial charge in [-0.3, -0.25) is 0 Å². The third-order valence-electron chi connectivity index (χ3n) is 2.72. The highest BCUT2D eigenvalue weighted by Crippen LogP contribution is 2.12. The Morgan fingerprint density at radius 3 is 2.13 bits per heavy atom. The molecular formula is C14H31N. The predicted octanol–water partition coefficient (Wildman–Crippen LogP) is 4.37. The van der Waals surface area contributed by atoms with Crippen LogP contribution in [0.2, 0.25) is 0 Å². The van der Waals surface area contributed by atoms with Crippen LogP contribution in [0.15, 0.2) is 0 Å². The van der Waals surface area contributed by atoms with E-state index in [2.05, 4.69) is 39.9 Å². The van der Waals surface area contributed by atoms with Crippen LogP contribution in [-0.4, -0.2) is 12.6 Å². The van der Waals surface area contributed by atoms with Crippen molar-refractivity contribution in [1.82, 2.24) is 5.32 Å². The Labute approximate surface area is 97.0 Å². The lowest BCUT2D eigenvalue weighted by molar-refractivity contribution is 0.347. The second-order valence-electron chi connectivity index (χ2n) is 6.05. The standard InChI is InChI=1S/C14H31N/c1-6-7-8-9-10-11-13(2)15-12-14(3,4)5/h13,15H,6-12H2,1-5H3. The van der Waals surface area contributed by atoms with Crippen LogP contribution in [0.5, 0.6) is 0 Å². The van der Waals surface area contributed by atoms with E-state index in [0.29, 0.717) is 11.5 Å². The third kappa shape index (κ3) is 11.9. The Morgan fingerprint density at radius 1 is 1.00 bits per heavy atom. The average molecular weight is 213 g/mol. The first-order chi connectivity index (χ1) is 6.95. The molecule has 1 unspecified atom stereocenters. The molecule has 0 rings (SSSR count). The van der Waals surface area contributed by atoms with E-state index in [1.54, 1.807) is 0 Å². The molecule has 0 aromatic carbocycles. The van der Waals surface area contributed by atoms with Crippen molar-refractivity contribution >= 4 is 0 Å². The maximum Gasteiger partial charge on any atom is 0.00389 e. The van der Waals surface area contributed by atoms with E-state index in [1.165, 1.54) is 38.5 Å². The lowest BCUT2D eigenvalue weighted by Gasteiger charge is -2.22. The Hall–Kier alpha value is -0.0400. The maximum atomic E-state index is 3.61. The van der Waals surface area contributed by atoms with Crippen molar-refractivity contribution in [2.24, 2.45) is 5.41 Å². The second-order valence-corrected chi connectivity index (χ2v) is 6.05. The third-order valence-corrected chi connectivity index (χ3v) is 2.72. The average Bonchev–Trinajstić information content (AvgIpc) is 2.13. The summed E-state index contributed by atoms with van der Waals surface area (Å²) in [5.74, 6) is 0. The minimum Gasteiger partial charge on any atom is -0.314 e. The highest BCUT2D eigenvalue weighted by molar-refractivity contribution is 4.69. The highest BCUT2D eigenvalue weighted by atomic mass is 14.9. The molecule has 1 atom stereocenters. The number of hydrogen-bond donors (Lipinski definition) is 1. The SMILES string of the molecule is CCCCCCCC(C)NCC(C)(C)C. The maximum absolute atomic E-state index is 3.61. The quantitative estimate of drug-likeness (QED) is 0.590. The molecule has 0 amide bonds. The molecule has 0 spiro atoms. The van der Waals surface area contributed by atoms with E-state index < -0.39 is 0 Å². The van der Waals surface area contributed by atoms with Crippen LogP contribution in [0.4, 0.5) is 0 Å². The highest BCUT2D eigenvalue weighted by Gasteiger charge is 2.11. The normalized spacial score (nSPS) is 14.2. The summed E-state index contributed by atoms with van der Waals surface area (Å²) in [5.41, 5.74) is 0.413. The van der Waals surface area contributed by atoms with Gasteiger partial charge in [0.25, 0.3) is 0 Å². The molecule has 0 aliphatic rings. The zero-order valence-corrected chi connectivity index (χ0v) is 11.5. The minimum absolute atomic E-state index is 0.413. The Kier molecular flexibility index (Phi) is 8.13. The Balaban J connectivity index is 3.30. The summed E-state index contributed by atoms with van der Waals surface area (Å²) in [6.45, 7) is 12.6. The second kappa shape index (κ2) is 8.15. The van der Waals surface area contributed by atoms with Crippen molar-refractivity contribution in [1.29, 1.82) is 0 Å². The molecule has 1 nitrogen and oxygen atoms in total. The van der Waals surface area contributed by atoms with Crippen molar-refractivity contribution in [3.05, 3.63) is 0 Å². The molecule has 92 valence electrons. The van der Waals surface area contributed by atoms with Gasteiger partial charge in [-0.1, -0.05) is 59.8 Å². The van der Waals surface area contributed by atoms with E-state index in [-0.39, 0.29) is 0 Å². The first kappa shape index (κ1) is 15.0. The molecule has 0 heterocycles. The number of rotatable bonds is 8. The monoisotopic (exact) mass is 213 g/mol. The van der Waals surface area contributed by atoms with Crippen LogP contribution in [0.25, 0.3) is 0 Å². The number of nitrogens with one attached hydrogen (secondary N) is 1. The van der Waals surface area contributed by atoms with E-state index >= 15 is 0 Å². The van der Waals surface area contributed by atoms with E-state index in [0.717, 1.165) is 6.54 Å². The van der Waals surface area contributed by atoms with Crippen LogP contribution in [0.3, 0.4) is 0 Å². The van der Waals surface area contributed by atoms with Gasteiger partial charge in [-0.15, -0.1) is 0 Å². The first-order valence-corrected chi connectivity index (χ1v) is 6.69. The van der Waals surface area contributed by atoms with Crippen molar-refractivity contribution in [2.45, 2.75) is 79.2 Å². The predicted molar refractivity (Wildman–Crippen MR) is 70.3 cm³/mol. The summed E-state index contributed by atoms with van der Waals surface area (Å²) in [6.07, 6.45) is 8.30. The largest absolute Gasteiger partial charge is 0.314 e. The van der Waals surface area contributed by atoms with E-state index in [4.69, 9.17) is 0 Å². The zero-order valence-electron chi connectivity index (χ0n) is 11.5. The van der Waals surface area contributed by atoms with E-state index in [9.17, 15) is 0 Å². The molecule has 15 heavy (non-hydrogen) atoms. The molecule has 0 radical (unpaired) electrons. The molecule has 0 saturated carbocycles. The fourth-order valence-electron chi connectivity index (χ4n) is 1.64. The molecule has 1 N–H and O–H groups in total. The lowest BCUT2D eigenvalue weighted by Crippen LogP contribution is -2.33. The summed E-state index contributed by atoms with van der Waals surface area (Å²) < 4.78 is 0. The van der Waals surface area contributed by atoms with Gasteiger partial charge in [0.05, 0.1) is 0 Å². The fourth-order valence-corrected chi connectivity index (χ4v) is 1.64. The Morgan fingerprint density at radius 2 is 1.60 bits per heavy atom. The van der Waals surface area contributed by atoms with Crippen molar-refractivity contribution in [3.8, 4) is 0 Å². The topological polar surface area (TPSA) is 12.0 Å². The molecule has 0 aromatic rings. The molecule has 0 aliphatic heterocycles. The Bertz CT molecular complexity index is 135. The molecule has 0 fully saturated rings. The zero-order chi connectivity index (χ0) is 11.7. The molecule has 1 heteroatoms. The van der Waals surface area contributed by atoms with Gasteiger partial charge in [-0.05, 0) is 18.8 Å². The summed E-state index contributed by atoms with van der Waals surface area (Å²) in [4.78, 5) is 0. The van der Waals surface area contributed by atoms with Crippen LogP contribution >= 0.6 is 0 Å². The minimum atomic E-state index is 0.413. The molecule has 0 bridgehead atoms. The molecule has 0 aromatic heterocycles. The summed E-state index contributed by atoms with van der Waals surface area (Å²) in [7, 11) is 0. The van der Waals surface area contributed by atoms with Crippen LogP contribution < -0.4 is 5.32 Å². The van der Waals surface area contributed by atoms with Gasteiger partial charge in [0.15, 0.2) is 0 Å². The fraction of sp³-hybridized carbons (Fsp3) is 1.00. The summed E-state index contributed by atoms with van der Waals surface area (Å²) in [6, 6.07) is 0.686. The van der Waals surface area contributed by atoms with Gasteiger partial charge < -0.3 is 5.32 Å². The van der Waals surface area contributed by atoms with Gasteiger partial charge >= 0.3 is 0 Å².